The molecule has 0 saturated carbocycles. The van der Waals surface area contributed by atoms with E-state index in [2.05, 4.69) is 15.5 Å². The van der Waals surface area contributed by atoms with Crippen molar-refractivity contribution in [2.75, 3.05) is 13.1 Å². The van der Waals surface area contributed by atoms with Crippen LogP contribution in [0.2, 0.25) is 0 Å². The first kappa shape index (κ1) is 21.3. The zero-order valence-corrected chi connectivity index (χ0v) is 18.3. The number of nitrogens with one attached hydrogen (secondary N) is 2. The molecule has 3 unspecified atom stereocenters. The first-order chi connectivity index (χ1) is 15.5. The van der Waals surface area contributed by atoms with E-state index in [1.807, 2.05) is 12.1 Å². The van der Waals surface area contributed by atoms with Crippen LogP contribution in [0.15, 0.2) is 18.2 Å². The average Bonchev–Trinajstić information content (AvgIpc) is 3.06. The molecular formula is C24H30N4O4. The van der Waals surface area contributed by atoms with Crippen LogP contribution < -0.4 is 10.6 Å². The molecule has 0 aromatic heterocycles. The molecule has 8 heteroatoms. The van der Waals surface area contributed by atoms with Crippen molar-refractivity contribution in [1.29, 1.82) is 0 Å². The summed E-state index contributed by atoms with van der Waals surface area (Å²) in [7, 11) is 0. The Hall–Kier alpha value is -2.58. The molecule has 2 N–H and O–H groups in total. The van der Waals surface area contributed by atoms with Crippen LogP contribution in [0.4, 0.5) is 0 Å². The van der Waals surface area contributed by atoms with Gasteiger partial charge >= 0.3 is 0 Å². The second kappa shape index (κ2) is 8.75. The third-order valence-electron chi connectivity index (χ3n) is 7.40. The molecule has 4 aliphatic heterocycles. The Kier molecular flexibility index (Phi) is 5.82. The molecule has 32 heavy (non-hydrogen) atoms. The molecule has 0 aliphatic carbocycles. The minimum Gasteiger partial charge on any atom is -0.312 e. The second-order valence-electron chi connectivity index (χ2n) is 9.38. The molecule has 4 amide bonds. The highest BCUT2D eigenvalue weighted by molar-refractivity contribution is 6.24. The lowest BCUT2D eigenvalue weighted by Crippen LogP contribution is -2.54. The quantitative estimate of drug-likeness (QED) is 0.693. The topological polar surface area (TPSA) is 98.8 Å². The lowest BCUT2D eigenvalue weighted by molar-refractivity contribution is -0.136. The number of hydrogen-bond acceptors (Lipinski definition) is 6. The Morgan fingerprint density at radius 2 is 1.78 bits per heavy atom. The van der Waals surface area contributed by atoms with Crippen molar-refractivity contribution in [3.05, 3.63) is 34.9 Å². The Morgan fingerprint density at radius 1 is 0.938 bits per heavy atom. The summed E-state index contributed by atoms with van der Waals surface area (Å²) in [6.07, 6.45) is 7.43. The number of benzene rings is 1. The summed E-state index contributed by atoms with van der Waals surface area (Å²) in [6, 6.07) is 5.39. The summed E-state index contributed by atoms with van der Waals surface area (Å²) in [4.78, 5) is 53.9. The lowest BCUT2D eigenvalue weighted by Gasteiger charge is -2.42. The van der Waals surface area contributed by atoms with E-state index in [1.54, 1.807) is 6.07 Å². The number of rotatable bonds is 4. The number of hydrogen-bond donors (Lipinski definition) is 2. The van der Waals surface area contributed by atoms with Crippen molar-refractivity contribution in [2.45, 2.75) is 76.0 Å². The highest BCUT2D eigenvalue weighted by atomic mass is 16.2. The van der Waals surface area contributed by atoms with Gasteiger partial charge in [-0.2, -0.15) is 0 Å². The van der Waals surface area contributed by atoms with Crippen molar-refractivity contribution < 1.29 is 19.2 Å². The van der Waals surface area contributed by atoms with Gasteiger partial charge in [-0.15, -0.1) is 0 Å². The summed E-state index contributed by atoms with van der Waals surface area (Å²) < 4.78 is 0. The van der Waals surface area contributed by atoms with Gasteiger partial charge in [-0.1, -0.05) is 25.0 Å². The number of fused-ring (bicyclic) bond motifs is 1. The van der Waals surface area contributed by atoms with E-state index < -0.39 is 23.8 Å². The maximum absolute atomic E-state index is 13.4. The van der Waals surface area contributed by atoms with Gasteiger partial charge in [-0.05, 0) is 56.8 Å². The van der Waals surface area contributed by atoms with E-state index in [-0.39, 0.29) is 18.7 Å². The van der Waals surface area contributed by atoms with E-state index >= 15 is 0 Å². The summed E-state index contributed by atoms with van der Waals surface area (Å²) in [5.74, 6) is -1.79. The molecule has 5 rings (SSSR count). The molecule has 1 aromatic rings. The molecular weight excluding hydrogens is 408 g/mol. The molecule has 3 saturated heterocycles. The van der Waals surface area contributed by atoms with Gasteiger partial charge in [0.25, 0.3) is 11.8 Å². The van der Waals surface area contributed by atoms with Crippen molar-refractivity contribution >= 4 is 23.6 Å². The highest BCUT2D eigenvalue weighted by Crippen LogP contribution is 2.32. The van der Waals surface area contributed by atoms with Crippen molar-refractivity contribution in [2.24, 2.45) is 0 Å². The Labute approximate surface area is 187 Å². The maximum atomic E-state index is 13.4. The summed E-state index contributed by atoms with van der Waals surface area (Å²) in [6.45, 7) is 2.66. The molecule has 0 radical (unpaired) electrons. The molecule has 3 fully saturated rings. The lowest BCUT2D eigenvalue weighted by atomic mass is 9.89. The smallest absolute Gasteiger partial charge is 0.262 e. The second-order valence-corrected chi connectivity index (χ2v) is 9.38. The largest absolute Gasteiger partial charge is 0.312 e. The zero-order valence-electron chi connectivity index (χ0n) is 18.3. The number of nitrogens with zero attached hydrogens (tertiary/aromatic N) is 2. The molecule has 4 heterocycles. The number of amides is 4. The third kappa shape index (κ3) is 3.75. The number of piperidine rings is 3. The standard InChI is InChI=1S/C24H30N4O4/c29-20-11-10-19(22(30)26-20)28-23(31)16-7-5-6-15(21(16)24(28)32)14-27-13-4-2-9-18(27)17-8-1-3-12-25-17/h5-7,17-19,25H,1-4,8-14H2,(H,26,29,30). The van der Waals surface area contributed by atoms with Crippen LogP contribution in [0.25, 0.3) is 0 Å². The summed E-state index contributed by atoms with van der Waals surface area (Å²) in [5, 5.41) is 5.95. The summed E-state index contributed by atoms with van der Waals surface area (Å²) in [5.41, 5.74) is 1.63. The monoisotopic (exact) mass is 438 g/mol. The number of likely N-dealkylation sites (tertiary alicyclic amines) is 1. The van der Waals surface area contributed by atoms with Crippen LogP contribution in [0.5, 0.6) is 0 Å². The third-order valence-corrected chi connectivity index (χ3v) is 7.40. The molecule has 0 spiro atoms. The van der Waals surface area contributed by atoms with Gasteiger partial charge in [0.15, 0.2) is 0 Å². The first-order valence-corrected chi connectivity index (χ1v) is 11.9. The number of carbonyl (C=O) groups is 4. The Balaban J connectivity index is 1.40. The predicted molar refractivity (Wildman–Crippen MR) is 117 cm³/mol. The normalized spacial score (nSPS) is 29.2. The Morgan fingerprint density at radius 3 is 2.56 bits per heavy atom. The highest BCUT2D eigenvalue weighted by Gasteiger charge is 2.45. The fraction of sp³-hybridized carbons (Fsp3) is 0.583. The van der Waals surface area contributed by atoms with Crippen LogP contribution >= 0.6 is 0 Å². The van der Waals surface area contributed by atoms with Crippen LogP contribution in [0.1, 0.15) is 77.6 Å². The molecule has 170 valence electrons. The molecule has 8 nitrogen and oxygen atoms in total. The van der Waals surface area contributed by atoms with E-state index in [9.17, 15) is 19.2 Å². The van der Waals surface area contributed by atoms with Gasteiger partial charge in [-0.25, -0.2) is 0 Å². The SMILES string of the molecule is O=C1CCC(N2C(=O)c3cccc(CN4CCCCC4C4CCCCN4)c3C2=O)C(=O)N1. The molecule has 0 bridgehead atoms. The van der Waals surface area contributed by atoms with Gasteiger partial charge in [0.2, 0.25) is 11.8 Å². The van der Waals surface area contributed by atoms with Gasteiger partial charge in [-0.3, -0.25) is 34.3 Å². The number of carbonyl (C=O) groups excluding carboxylic acids is 4. The van der Waals surface area contributed by atoms with Crippen molar-refractivity contribution in [3.63, 3.8) is 0 Å². The predicted octanol–water partition coefficient (Wildman–Crippen LogP) is 1.58. The fourth-order valence-electron chi connectivity index (χ4n) is 5.81. The van der Waals surface area contributed by atoms with E-state index in [1.165, 1.54) is 25.7 Å². The maximum Gasteiger partial charge on any atom is 0.262 e. The van der Waals surface area contributed by atoms with Crippen molar-refractivity contribution in [3.8, 4) is 0 Å². The van der Waals surface area contributed by atoms with E-state index in [0.717, 1.165) is 36.4 Å². The van der Waals surface area contributed by atoms with Crippen molar-refractivity contribution in [1.82, 2.24) is 20.4 Å². The zero-order chi connectivity index (χ0) is 22.2. The first-order valence-electron chi connectivity index (χ1n) is 11.9. The summed E-state index contributed by atoms with van der Waals surface area (Å²) >= 11 is 0. The molecule has 4 aliphatic rings. The van der Waals surface area contributed by atoms with Gasteiger partial charge < -0.3 is 5.32 Å². The van der Waals surface area contributed by atoms with Crippen LogP contribution in [-0.4, -0.2) is 64.6 Å². The number of imide groups is 2. The van der Waals surface area contributed by atoms with Gasteiger partial charge in [0.05, 0.1) is 11.1 Å². The molecule has 3 atom stereocenters. The average molecular weight is 439 g/mol. The van der Waals surface area contributed by atoms with Gasteiger partial charge in [0.1, 0.15) is 6.04 Å². The van der Waals surface area contributed by atoms with E-state index in [0.29, 0.717) is 29.8 Å². The Bertz CT molecular complexity index is 955. The minimum atomic E-state index is -0.929. The van der Waals surface area contributed by atoms with Crippen LogP contribution in [-0.2, 0) is 16.1 Å². The van der Waals surface area contributed by atoms with Gasteiger partial charge in [0, 0.05) is 25.0 Å². The molecule has 1 aromatic carbocycles. The van der Waals surface area contributed by atoms with Crippen LogP contribution in [0, 0.1) is 0 Å². The minimum absolute atomic E-state index is 0.126. The van der Waals surface area contributed by atoms with E-state index in [4.69, 9.17) is 0 Å². The van der Waals surface area contributed by atoms with Crippen LogP contribution in [0.3, 0.4) is 0 Å². The fourth-order valence-corrected chi connectivity index (χ4v) is 5.81.